The molecule has 2 aliphatic heterocycles. The number of hydrogen-bond donors (Lipinski definition) is 3. The van der Waals surface area contributed by atoms with E-state index in [4.69, 9.17) is 18.9 Å². The Hall–Kier alpha value is -3.50. The molecule has 3 atom stereocenters. The number of nitrogens with zero attached hydrogens (tertiary/aromatic N) is 1. The van der Waals surface area contributed by atoms with E-state index in [1.807, 2.05) is 6.92 Å². The summed E-state index contributed by atoms with van der Waals surface area (Å²) < 4.78 is 22.3. The fraction of sp³-hybridized carbons (Fsp3) is 0.440. The zero-order chi connectivity index (χ0) is 24.9. The van der Waals surface area contributed by atoms with Gasteiger partial charge in [0.15, 0.2) is 11.5 Å². The molecule has 2 aromatic carbocycles. The van der Waals surface area contributed by atoms with Gasteiger partial charge in [-0.3, -0.25) is 4.79 Å². The van der Waals surface area contributed by atoms with Gasteiger partial charge >= 0.3 is 6.03 Å². The second kappa shape index (κ2) is 10.8. The summed E-state index contributed by atoms with van der Waals surface area (Å²) in [6.45, 7) is 5.85. The molecule has 0 saturated carbocycles. The third kappa shape index (κ3) is 5.95. The molecule has 0 aliphatic carbocycles. The second-order valence-electron chi connectivity index (χ2n) is 8.92. The van der Waals surface area contributed by atoms with Gasteiger partial charge < -0.3 is 39.8 Å². The van der Waals surface area contributed by atoms with E-state index in [2.05, 4.69) is 22.9 Å². The average Bonchev–Trinajstić information content (AvgIpc) is 3.31. The maximum absolute atomic E-state index is 13.4. The van der Waals surface area contributed by atoms with Gasteiger partial charge in [-0.25, -0.2) is 4.79 Å². The van der Waals surface area contributed by atoms with Crippen LogP contribution in [0.3, 0.4) is 0 Å². The standard InChI is InChI=1S/C25H32N4O6/c1-15-11-26-16(2)13-33-20-7-5-17(9-19(20)24(30)29(3)12-23(15)32-4)27-25(31)28-18-6-8-21-22(10-18)35-14-34-21/h5-10,15-16,23,26H,11-14H2,1-4H3,(H2,27,28,31)/t15-,16+,23+/m0/s1. The summed E-state index contributed by atoms with van der Waals surface area (Å²) in [5.41, 5.74) is 1.38. The van der Waals surface area contributed by atoms with Gasteiger partial charge in [-0.1, -0.05) is 6.92 Å². The first-order chi connectivity index (χ1) is 16.8. The molecule has 2 aliphatic rings. The van der Waals surface area contributed by atoms with Gasteiger partial charge in [-0.05, 0) is 43.2 Å². The molecule has 10 heteroatoms. The summed E-state index contributed by atoms with van der Waals surface area (Å²) in [6.07, 6.45) is -0.124. The summed E-state index contributed by atoms with van der Waals surface area (Å²) in [5.74, 6) is 1.65. The molecule has 10 nitrogen and oxygen atoms in total. The van der Waals surface area contributed by atoms with Crippen molar-refractivity contribution in [3.63, 3.8) is 0 Å². The number of anilines is 2. The molecule has 3 amide bonds. The van der Waals surface area contributed by atoms with Crippen molar-refractivity contribution in [3.8, 4) is 17.2 Å². The first-order valence-corrected chi connectivity index (χ1v) is 11.6. The van der Waals surface area contributed by atoms with Gasteiger partial charge in [0, 0.05) is 50.7 Å². The molecule has 0 radical (unpaired) electrons. The number of amides is 3. The molecule has 2 heterocycles. The highest BCUT2D eigenvalue weighted by Crippen LogP contribution is 2.34. The SMILES string of the molecule is CO[C@@H]1CN(C)C(=O)c2cc(NC(=O)Nc3ccc4c(c3)OCO4)ccc2OC[C@@H](C)NC[C@@H]1C. The highest BCUT2D eigenvalue weighted by molar-refractivity contribution is 6.02. The van der Waals surface area contributed by atoms with Crippen LogP contribution in [-0.4, -0.2) is 69.6 Å². The minimum absolute atomic E-state index is 0.0837. The lowest BCUT2D eigenvalue weighted by Crippen LogP contribution is -2.44. The van der Waals surface area contributed by atoms with Crippen LogP contribution < -0.4 is 30.2 Å². The molecule has 3 N–H and O–H groups in total. The van der Waals surface area contributed by atoms with Crippen molar-refractivity contribution in [3.05, 3.63) is 42.0 Å². The minimum atomic E-state index is -0.454. The number of urea groups is 1. The Bertz CT molecular complexity index is 1080. The molecular formula is C25H32N4O6. The molecular weight excluding hydrogens is 452 g/mol. The van der Waals surface area contributed by atoms with E-state index < -0.39 is 6.03 Å². The van der Waals surface area contributed by atoms with Crippen LogP contribution in [0.2, 0.25) is 0 Å². The summed E-state index contributed by atoms with van der Waals surface area (Å²) in [5, 5.41) is 9.00. The monoisotopic (exact) mass is 484 g/mol. The Balaban J connectivity index is 1.52. The molecule has 0 unspecified atom stereocenters. The van der Waals surface area contributed by atoms with Crippen molar-refractivity contribution in [2.45, 2.75) is 26.0 Å². The summed E-state index contributed by atoms with van der Waals surface area (Å²) in [6, 6.07) is 9.81. The van der Waals surface area contributed by atoms with Crippen LogP contribution in [0.15, 0.2) is 36.4 Å². The van der Waals surface area contributed by atoms with Crippen molar-refractivity contribution in [2.24, 2.45) is 5.92 Å². The molecule has 0 fully saturated rings. The predicted molar refractivity (Wildman–Crippen MR) is 132 cm³/mol. The average molecular weight is 485 g/mol. The van der Waals surface area contributed by atoms with Gasteiger partial charge in [0.05, 0.1) is 11.7 Å². The van der Waals surface area contributed by atoms with Crippen LogP contribution in [0.5, 0.6) is 17.2 Å². The van der Waals surface area contributed by atoms with Crippen LogP contribution in [0.1, 0.15) is 24.2 Å². The van der Waals surface area contributed by atoms with Gasteiger partial charge in [-0.2, -0.15) is 0 Å². The first kappa shape index (κ1) is 24.6. The maximum atomic E-state index is 13.4. The Morgan fingerprint density at radius 1 is 1.03 bits per heavy atom. The normalized spacial score (nSPS) is 22.3. The number of nitrogens with one attached hydrogen (secondary N) is 3. The second-order valence-corrected chi connectivity index (χ2v) is 8.92. The van der Waals surface area contributed by atoms with Crippen molar-refractivity contribution < 1.29 is 28.5 Å². The van der Waals surface area contributed by atoms with Crippen LogP contribution in [0, 0.1) is 5.92 Å². The topological polar surface area (TPSA) is 110 Å². The molecule has 0 aromatic heterocycles. The van der Waals surface area contributed by atoms with Gasteiger partial charge in [0.25, 0.3) is 5.91 Å². The largest absolute Gasteiger partial charge is 0.491 e. The summed E-state index contributed by atoms with van der Waals surface area (Å²) >= 11 is 0. The highest BCUT2D eigenvalue weighted by atomic mass is 16.7. The van der Waals surface area contributed by atoms with Crippen molar-refractivity contribution in [1.82, 2.24) is 10.2 Å². The predicted octanol–water partition coefficient (Wildman–Crippen LogP) is 3.15. The molecule has 188 valence electrons. The van der Waals surface area contributed by atoms with Crippen molar-refractivity contribution in [1.29, 1.82) is 0 Å². The van der Waals surface area contributed by atoms with Gasteiger partial charge in [0.1, 0.15) is 12.4 Å². The Labute approximate surface area is 204 Å². The smallest absolute Gasteiger partial charge is 0.323 e. The number of likely N-dealkylation sites (N-methyl/N-ethyl adjacent to an activating group) is 1. The molecule has 2 aromatic rings. The number of methoxy groups -OCH3 is 1. The Morgan fingerprint density at radius 2 is 1.71 bits per heavy atom. The van der Waals surface area contributed by atoms with E-state index in [9.17, 15) is 9.59 Å². The lowest BCUT2D eigenvalue weighted by molar-refractivity contribution is 0.0281. The van der Waals surface area contributed by atoms with Gasteiger partial charge in [-0.15, -0.1) is 0 Å². The van der Waals surface area contributed by atoms with Crippen molar-refractivity contribution in [2.75, 3.05) is 51.3 Å². The Morgan fingerprint density at radius 3 is 2.46 bits per heavy atom. The lowest BCUT2D eigenvalue weighted by Gasteiger charge is -2.30. The molecule has 4 rings (SSSR count). The van der Waals surface area contributed by atoms with E-state index in [1.165, 1.54) is 0 Å². The van der Waals surface area contributed by atoms with E-state index in [-0.39, 0.29) is 30.8 Å². The number of fused-ring (bicyclic) bond motifs is 2. The van der Waals surface area contributed by atoms with Crippen molar-refractivity contribution >= 4 is 23.3 Å². The lowest BCUT2D eigenvalue weighted by atomic mass is 10.0. The first-order valence-electron chi connectivity index (χ1n) is 11.6. The Kier molecular flexibility index (Phi) is 7.62. The van der Waals surface area contributed by atoms with Crippen LogP contribution in [0.4, 0.5) is 16.2 Å². The van der Waals surface area contributed by atoms with Crippen LogP contribution in [0.25, 0.3) is 0 Å². The van der Waals surface area contributed by atoms with E-state index in [1.54, 1.807) is 55.5 Å². The molecule has 0 bridgehead atoms. The number of rotatable bonds is 3. The highest BCUT2D eigenvalue weighted by Gasteiger charge is 2.26. The summed E-state index contributed by atoms with van der Waals surface area (Å²) in [7, 11) is 3.39. The molecule has 0 saturated heterocycles. The zero-order valence-electron chi connectivity index (χ0n) is 20.4. The third-order valence-corrected chi connectivity index (χ3v) is 6.11. The zero-order valence-corrected chi connectivity index (χ0v) is 20.4. The van der Waals surface area contributed by atoms with E-state index in [0.29, 0.717) is 47.3 Å². The fourth-order valence-electron chi connectivity index (χ4n) is 4.01. The van der Waals surface area contributed by atoms with Gasteiger partial charge in [0.2, 0.25) is 6.79 Å². The minimum Gasteiger partial charge on any atom is -0.491 e. The number of carbonyl (C=O) groups is 2. The fourth-order valence-corrected chi connectivity index (χ4v) is 4.01. The summed E-state index contributed by atoms with van der Waals surface area (Å²) in [4.78, 5) is 27.6. The number of hydrogen-bond acceptors (Lipinski definition) is 7. The van der Waals surface area contributed by atoms with E-state index in [0.717, 1.165) is 6.54 Å². The third-order valence-electron chi connectivity index (χ3n) is 6.11. The van der Waals surface area contributed by atoms with Crippen LogP contribution in [-0.2, 0) is 4.74 Å². The molecule has 35 heavy (non-hydrogen) atoms. The quantitative estimate of drug-likeness (QED) is 0.614. The molecule has 0 spiro atoms. The number of benzene rings is 2. The maximum Gasteiger partial charge on any atom is 0.323 e. The number of ether oxygens (including phenoxy) is 4. The van der Waals surface area contributed by atoms with Crippen LogP contribution >= 0.6 is 0 Å². The van der Waals surface area contributed by atoms with E-state index >= 15 is 0 Å². The number of carbonyl (C=O) groups excluding carboxylic acids is 2.